The van der Waals surface area contributed by atoms with Crippen molar-refractivity contribution < 1.29 is 19.1 Å². The van der Waals surface area contributed by atoms with Gasteiger partial charge in [-0.15, -0.1) is 0 Å². The first-order valence-corrected chi connectivity index (χ1v) is 8.05. The van der Waals surface area contributed by atoms with Crippen molar-refractivity contribution in [3.63, 3.8) is 0 Å². The summed E-state index contributed by atoms with van der Waals surface area (Å²) in [4.78, 5) is 27.6. The van der Waals surface area contributed by atoms with Crippen LogP contribution < -0.4 is 5.32 Å². The molecule has 1 aliphatic rings. The molecule has 2 aromatic rings. The number of amides is 2. The Bertz CT molecular complexity index is 759. The van der Waals surface area contributed by atoms with E-state index in [0.29, 0.717) is 19.5 Å². The number of aromatic amines is 1. The molecule has 2 amide bonds. The lowest BCUT2D eigenvalue weighted by Gasteiger charge is -2.16. The maximum Gasteiger partial charge on any atom is 0.317 e. The van der Waals surface area contributed by atoms with Crippen molar-refractivity contribution in [1.82, 2.24) is 15.2 Å². The summed E-state index contributed by atoms with van der Waals surface area (Å²) in [5, 5.41) is 12.6. The summed E-state index contributed by atoms with van der Waals surface area (Å²) in [5.41, 5.74) is 1.91. The number of halogens is 1. The fourth-order valence-electron chi connectivity index (χ4n) is 3.09. The van der Waals surface area contributed by atoms with Crippen molar-refractivity contribution in [2.45, 2.75) is 19.3 Å². The Hall–Kier alpha value is -2.57. The second-order valence-corrected chi connectivity index (χ2v) is 6.11. The molecule has 3 N–H and O–H groups in total. The normalized spacial score (nSPS) is 17.4. The highest BCUT2D eigenvalue weighted by molar-refractivity contribution is 5.83. The van der Waals surface area contributed by atoms with E-state index in [1.807, 2.05) is 6.20 Å². The van der Waals surface area contributed by atoms with E-state index in [9.17, 15) is 14.0 Å². The lowest BCUT2D eigenvalue weighted by molar-refractivity contribution is -0.141. The van der Waals surface area contributed by atoms with Crippen LogP contribution in [-0.2, 0) is 11.2 Å². The molecule has 0 bridgehead atoms. The maximum atomic E-state index is 13.3. The van der Waals surface area contributed by atoms with Gasteiger partial charge in [0, 0.05) is 36.7 Å². The Kier molecular flexibility index (Phi) is 4.69. The predicted molar refractivity (Wildman–Crippen MR) is 87.3 cm³/mol. The predicted octanol–water partition coefficient (Wildman–Crippen LogP) is 2.36. The van der Waals surface area contributed by atoms with E-state index in [1.54, 1.807) is 11.0 Å². The van der Waals surface area contributed by atoms with Crippen molar-refractivity contribution in [1.29, 1.82) is 0 Å². The second-order valence-electron chi connectivity index (χ2n) is 6.11. The summed E-state index contributed by atoms with van der Waals surface area (Å²) >= 11 is 0. The molecule has 1 fully saturated rings. The van der Waals surface area contributed by atoms with Gasteiger partial charge in [0.25, 0.3) is 0 Å². The fraction of sp³-hybridized carbons (Fsp3) is 0.412. The van der Waals surface area contributed by atoms with Crippen LogP contribution in [0.3, 0.4) is 0 Å². The molecular weight excluding hydrogens is 313 g/mol. The second kappa shape index (κ2) is 6.90. The Labute approximate surface area is 138 Å². The molecular formula is C17H20FN3O3. The monoisotopic (exact) mass is 333 g/mol. The molecule has 2 heterocycles. The van der Waals surface area contributed by atoms with E-state index >= 15 is 0 Å². The van der Waals surface area contributed by atoms with E-state index in [1.165, 1.54) is 12.1 Å². The number of carboxylic acid groups (broad SMARTS) is 1. The largest absolute Gasteiger partial charge is 0.481 e. The summed E-state index contributed by atoms with van der Waals surface area (Å²) in [6.07, 6.45) is 3.82. The molecule has 0 aliphatic carbocycles. The van der Waals surface area contributed by atoms with Crippen LogP contribution in [0.25, 0.3) is 10.9 Å². The molecule has 0 saturated carbocycles. The number of likely N-dealkylation sites (tertiary alicyclic amines) is 1. The zero-order chi connectivity index (χ0) is 17.1. The van der Waals surface area contributed by atoms with Gasteiger partial charge in [0.15, 0.2) is 0 Å². The van der Waals surface area contributed by atoms with Crippen molar-refractivity contribution in [2.75, 3.05) is 19.6 Å². The van der Waals surface area contributed by atoms with Gasteiger partial charge in [-0.1, -0.05) is 0 Å². The number of H-pyrrole nitrogens is 1. The van der Waals surface area contributed by atoms with Crippen molar-refractivity contribution in [2.24, 2.45) is 5.92 Å². The number of nitrogens with one attached hydrogen (secondary N) is 2. The topological polar surface area (TPSA) is 85.4 Å². The molecule has 0 spiro atoms. The van der Waals surface area contributed by atoms with Gasteiger partial charge in [-0.05, 0) is 43.0 Å². The number of aryl methyl sites for hydroxylation is 1. The first-order chi connectivity index (χ1) is 11.5. The van der Waals surface area contributed by atoms with E-state index in [2.05, 4.69) is 10.3 Å². The SMILES string of the molecule is O=C(O)C1CCN(C(=O)NCCCc2c[nH]c3ccc(F)cc23)C1. The first kappa shape index (κ1) is 16.3. The minimum Gasteiger partial charge on any atom is -0.481 e. The van der Waals surface area contributed by atoms with Crippen LogP contribution in [0, 0.1) is 11.7 Å². The molecule has 0 radical (unpaired) electrons. The molecule has 128 valence electrons. The number of urea groups is 1. The number of aliphatic carboxylic acids is 1. The van der Waals surface area contributed by atoms with Gasteiger partial charge in [-0.3, -0.25) is 4.79 Å². The number of benzene rings is 1. The molecule has 1 unspecified atom stereocenters. The van der Waals surface area contributed by atoms with E-state index in [0.717, 1.165) is 29.3 Å². The van der Waals surface area contributed by atoms with Gasteiger partial charge in [-0.25, -0.2) is 9.18 Å². The van der Waals surface area contributed by atoms with Crippen LogP contribution in [0.2, 0.25) is 0 Å². The third-order valence-corrected chi connectivity index (χ3v) is 4.45. The highest BCUT2D eigenvalue weighted by Crippen LogP contribution is 2.20. The summed E-state index contributed by atoms with van der Waals surface area (Å²) in [5.74, 6) is -1.58. The van der Waals surface area contributed by atoms with E-state index in [-0.39, 0.29) is 18.4 Å². The summed E-state index contributed by atoms with van der Waals surface area (Å²) < 4.78 is 13.3. The van der Waals surface area contributed by atoms with Crippen LogP contribution in [0.1, 0.15) is 18.4 Å². The number of hydrogen-bond donors (Lipinski definition) is 3. The zero-order valence-corrected chi connectivity index (χ0v) is 13.2. The summed E-state index contributed by atoms with van der Waals surface area (Å²) in [6.45, 7) is 1.24. The van der Waals surface area contributed by atoms with Gasteiger partial charge in [0.05, 0.1) is 5.92 Å². The molecule has 3 rings (SSSR count). The average molecular weight is 333 g/mol. The average Bonchev–Trinajstić information content (AvgIpc) is 3.18. The number of fused-ring (bicyclic) bond motifs is 1. The molecule has 1 saturated heterocycles. The summed E-state index contributed by atoms with van der Waals surface area (Å²) in [6, 6.07) is 4.42. The Morgan fingerprint density at radius 1 is 1.42 bits per heavy atom. The molecule has 24 heavy (non-hydrogen) atoms. The number of hydrogen-bond acceptors (Lipinski definition) is 2. The molecule has 1 aromatic heterocycles. The minimum absolute atomic E-state index is 0.219. The van der Waals surface area contributed by atoms with Crippen molar-refractivity contribution in [3.05, 3.63) is 35.8 Å². The van der Waals surface area contributed by atoms with E-state index in [4.69, 9.17) is 5.11 Å². The number of rotatable bonds is 5. The molecule has 7 heteroatoms. The molecule has 6 nitrogen and oxygen atoms in total. The van der Waals surface area contributed by atoms with Gasteiger partial charge in [-0.2, -0.15) is 0 Å². The maximum absolute atomic E-state index is 13.3. The Balaban J connectivity index is 1.46. The van der Waals surface area contributed by atoms with Crippen LogP contribution in [-0.4, -0.2) is 46.6 Å². The van der Waals surface area contributed by atoms with Gasteiger partial charge in [0.1, 0.15) is 5.82 Å². The van der Waals surface area contributed by atoms with Crippen molar-refractivity contribution in [3.8, 4) is 0 Å². The van der Waals surface area contributed by atoms with Crippen molar-refractivity contribution >= 4 is 22.9 Å². The standard InChI is InChI=1S/C17H20FN3O3/c18-13-3-4-15-14(8-13)11(9-20-15)2-1-6-19-17(24)21-7-5-12(10-21)16(22)23/h3-4,8-9,12,20H,1-2,5-7,10H2,(H,19,24)(H,22,23). The first-order valence-electron chi connectivity index (χ1n) is 8.05. The third kappa shape index (κ3) is 3.50. The van der Waals surface area contributed by atoms with Gasteiger partial charge in [0.2, 0.25) is 0 Å². The molecule has 1 aliphatic heterocycles. The Morgan fingerprint density at radius 3 is 3.00 bits per heavy atom. The minimum atomic E-state index is -0.850. The highest BCUT2D eigenvalue weighted by Gasteiger charge is 2.30. The van der Waals surface area contributed by atoms with Gasteiger partial charge >= 0.3 is 12.0 Å². The number of carboxylic acids is 1. The van der Waals surface area contributed by atoms with E-state index < -0.39 is 11.9 Å². The summed E-state index contributed by atoms with van der Waals surface area (Å²) in [7, 11) is 0. The third-order valence-electron chi connectivity index (χ3n) is 4.45. The lowest BCUT2D eigenvalue weighted by Crippen LogP contribution is -2.39. The zero-order valence-electron chi connectivity index (χ0n) is 13.2. The number of carbonyl (C=O) groups is 2. The number of aromatic nitrogens is 1. The fourth-order valence-corrected chi connectivity index (χ4v) is 3.09. The Morgan fingerprint density at radius 2 is 2.25 bits per heavy atom. The number of carbonyl (C=O) groups excluding carboxylic acids is 1. The lowest BCUT2D eigenvalue weighted by atomic mass is 10.1. The highest BCUT2D eigenvalue weighted by atomic mass is 19.1. The van der Waals surface area contributed by atoms with Crippen LogP contribution in [0.15, 0.2) is 24.4 Å². The quantitative estimate of drug-likeness (QED) is 0.734. The molecule has 1 aromatic carbocycles. The smallest absolute Gasteiger partial charge is 0.317 e. The van der Waals surface area contributed by atoms with Crippen LogP contribution in [0.4, 0.5) is 9.18 Å². The van der Waals surface area contributed by atoms with Crippen LogP contribution in [0.5, 0.6) is 0 Å². The van der Waals surface area contributed by atoms with Gasteiger partial charge < -0.3 is 20.3 Å². The number of nitrogens with zero attached hydrogens (tertiary/aromatic N) is 1. The van der Waals surface area contributed by atoms with Crippen LogP contribution >= 0.6 is 0 Å². The molecule has 1 atom stereocenters.